The Morgan fingerprint density at radius 2 is 1.94 bits per heavy atom. The van der Waals surface area contributed by atoms with Crippen molar-refractivity contribution in [1.29, 1.82) is 0 Å². The van der Waals surface area contributed by atoms with Gasteiger partial charge in [0.2, 0.25) is 0 Å². The summed E-state index contributed by atoms with van der Waals surface area (Å²) in [5, 5.41) is 0. The summed E-state index contributed by atoms with van der Waals surface area (Å²) < 4.78 is 8.94. The van der Waals surface area contributed by atoms with E-state index in [4.69, 9.17) is 0 Å². The number of unbranched alkanes of at least 4 members (excludes halogenated alkanes) is 1. The number of hydrogen-bond donors (Lipinski definition) is 0. The quantitative estimate of drug-likeness (QED) is 0.411. The van der Waals surface area contributed by atoms with Crippen LogP contribution in [0.15, 0.2) is 24.8 Å². The van der Waals surface area contributed by atoms with Gasteiger partial charge in [0.15, 0.2) is 0 Å². The third kappa shape index (κ3) is 14.9. The van der Waals surface area contributed by atoms with Crippen molar-refractivity contribution in [2.24, 2.45) is 0 Å². The first-order chi connectivity index (χ1) is 7.62. The molecule has 0 heterocycles. The molecule has 0 aromatic rings. The molecule has 0 atom stereocenters. The first kappa shape index (κ1) is 16.8. The monoisotopic (exact) mass is 228 g/mol. The molecule has 16 heavy (non-hydrogen) atoms. The van der Waals surface area contributed by atoms with Gasteiger partial charge >= 0.3 is 11.9 Å². The fraction of sp³-hybridized carbons (Fsp3) is 0.500. The number of ether oxygens (including phenoxy) is 2. The average Bonchev–Trinajstić information content (AvgIpc) is 2.30. The van der Waals surface area contributed by atoms with E-state index >= 15 is 0 Å². The Balaban J connectivity index is 0. The predicted molar refractivity (Wildman–Crippen MR) is 62.9 cm³/mol. The lowest BCUT2D eigenvalue weighted by Gasteiger charge is -1.97. The minimum Gasteiger partial charge on any atom is -0.466 e. The molecule has 0 aliphatic heterocycles. The fourth-order valence-corrected chi connectivity index (χ4v) is 0.580. The maximum atomic E-state index is 10.3. The maximum Gasteiger partial charge on any atom is 0.330 e. The first-order valence-corrected chi connectivity index (χ1v) is 5.12. The van der Waals surface area contributed by atoms with Gasteiger partial charge in [0, 0.05) is 12.2 Å². The van der Waals surface area contributed by atoms with Crippen molar-refractivity contribution >= 4 is 11.9 Å². The molecule has 0 saturated carbocycles. The van der Waals surface area contributed by atoms with E-state index in [9.17, 15) is 9.59 Å². The smallest absolute Gasteiger partial charge is 0.330 e. The Labute approximate surface area is 96.9 Å². The predicted octanol–water partition coefficient (Wildman–Crippen LogP) is 2.25. The van der Waals surface area contributed by atoms with Crippen LogP contribution in [0.4, 0.5) is 0 Å². The van der Waals surface area contributed by atoms with Crippen LogP contribution in [0.5, 0.6) is 0 Å². The third-order valence-electron chi connectivity index (χ3n) is 1.41. The van der Waals surface area contributed by atoms with E-state index in [0.717, 1.165) is 12.8 Å². The topological polar surface area (TPSA) is 52.6 Å². The molecule has 0 aliphatic rings. The van der Waals surface area contributed by atoms with Gasteiger partial charge in [-0.1, -0.05) is 26.0 Å². The van der Waals surface area contributed by atoms with Gasteiger partial charge in [0.1, 0.15) is 0 Å². The molecule has 0 spiro atoms. The van der Waals surface area contributed by atoms with Crippen molar-refractivity contribution in [3.05, 3.63) is 24.8 Å². The number of allylic oxidation sites excluding steroid dienone is 1. The van der Waals surface area contributed by atoms with E-state index in [1.807, 2.05) is 6.92 Å². The summed E-state index contributed by atoms with van der Waals surface area (Å²) in [6.07, 6.45) is 6.14. The van der Waals surface area contributed by atoms with Gasteiger partial charge < -0.3 is 9.47 Å². The number of rotatable bonds is 5. The average molecular weight is 228 g/mol. The van der Waals surface area contributed by atoms with Crippen molar-refractivity contribution in [1.82, 2.24) is 0 Å². The zero-order chi connectivity index (χ0) is 12.8. The van der Waals surface area contributed by atoms with Gasteiger partial charge in [-0.15, -0.1) is 0 Å². The van der Waals surface area contributed by atoms with E-state index in [0.29, 0.717) is 6.61 Å². The maximum absolute atomic E-state index is 10.3. The zero-order valence-corrected chi connectivity index (χ0v) is 10.2. The second-order valence-electron chi connectivity index (χ2n) is 2.75. The molecule has 4 nitrogen and oxygen atoms in total. The number of carbonyl (C=O) groups excluding carboxylic acids is 2. The van der Waals surface area contributed by atoms with E-state index < -0.39 is 0 Å². The molecular weight excluding hydrogens is 208 g/mol. The fourth-order valence-electron chi connectivity index (χ4n) is 0.580. The molecule has 0 bridgehead atoms. The van der Waals surface area contributed by atoms with Crippen molar-refractivity contribution in [3.8, 4) is 0 Å². The lowest BCUT2D eigenvalue weighted by molar-refractivity contribution is -0.138. The second kappa shape index (κ2) is 13.4. The lowest BCUT2D eigenvalue weighted by atomic mass is 10.4. The molecule has 0 N–H and O–H groups in total. The van der Waals surface area contributed by atoms with E-state index in [1.54, 1.807) is 13.0 Å². The van der Waals surface area contributed by atoms with E-state index in [-0.39, 0.29) is 11.9 Å². The molecule has 0 unspecified atom stereocenters. The standard InChI is InChI=1S/C7H12O2.C5H8O2/c1-3-5-6-9-7(8)4-2;1-3-4-5(6)7-2/h4H,2-3,5-6H2,1H3;3-4H,1-2H3. The number of hydrogen-bond acceptors (Lipinski definition) is 4. The molecular formula is C12H20O4. The number of methoxy groups -OCH3 is 1. The summed E-state index contributed by atoms with van der Waals surface area (Å²) in [5.74, 6) is -0.633. The SMILES string of the molecule is C=CC(=O)OCCCC.CC=CC(=O)OC. The molecule has 0 rings (SSSR count). The van der Waals surface area contributed by atoms with Gasteiger partial charge in [-0.05, 0) is 13.3 Å². The summed E-state index contributed by atoms with van der Waals surface area (Å²) in [6.45, 7) is 7.58. The van der Waals surface area contributed by atoms with Gasteiger partial charge in [0.25, 0.3) is 0 Å². The van der Waals surface area contributed by atoms with Crippen LogP contribution in [-0.2, 0) is 19.1 Å². The Morgan fingerprint density at radius 1 is 1.31 bits per heavy atom. The van der Waals surface area contributed by atoms with Crippen LogP contribution < -0.4 is 0 Å². The van der Waals surface area contributed by atoms with Crippen LogP contribution in [0, 0.1) is 0 Å². The Bertz CT molecular complexity index is 231. The van der Waals surface area contributed by atoms with Crippen LogP contribution in [0.2, 0.25) is 0 Å². The molecule has 0 aliphatic carbocycles. The van der Waals surface area contributed by atoms with Crippen LogP contribution in [0.1, 0.15) is 26.7 Å². The molecule has 0 aromatic heterocycles. The minimum atomic E-state index is -0.330. The summed E-state index contributed by atoms with van der Waals surface area (Å²) in [7, 11) is 1.35. The summed E-state index contributed by atoms with van der Waals surface area (Å²) in [6, 6.07) is 0. The highest BCUT2D eigenvalue weighted by atomic mass is 16.5. The summed E-state index contributed by atoms with van der Waals surface area (Å²) >= 11 is 0. The van der Waals surface area contributed by atoms with E-state index in [2.05, 4.69) is 16.1 Å². The molecule has 0 radical (unpaired) electrons. The van der Waals surface area contributed by atoms with Crippen molar-refractivity contribution < 1.29 is 19.1 Å². The Morgan fingerprint density at radius 3 is 2.25 bits per heavy atom. The van der Waals surface area contributed by atoms with E-state index in [1.165, 1.54) is 19.3 Å². The first-order valence-electron chi connectivity index (χ1n) is 5.12. The molecule has 92 valence electrons. The third-order valence-corrected chi connectivity index (χ3v) is 1.41. The molecule has 0 fully saturated rings. The summed E-state index contributed by atoms with van der Waals surface area (Å²) in [4.78, 5) is 20.4. The Hall–Kier alpha value is -1.58. The van der Waals surface area contributed by atoms with Gasteiger partial charge in [-0.3, -0.25) is 0 Å². The number of carbonyl (C=O) groups is 2. The van der Waals surface area contributed by atoms with Crippen LogP contribution in [-0.4, -0.2) is 25.7 Å². The van der Waals surface area contributed by atoms with Crippen molar-refractivity contribution in [2.75, 3.05) is 13.7 Å². The highest BCUT2D eigenvalue weighted by molar-refractivity contribution is 5.81. The number of esters is 2. The van der Waals surface area contributed by atoms with Crippen LogP contribution in [0.25, 0.3) is 0 Å². The summed E-state index contributed by atoms with van der Waals surface area (Å²) in [5.41, 5.74) is 0. The normalized spacial score (nSPS) is 8.94. The van der Waals surface area contributed by atoms with Crippen LogP contribution in [0.3, 0.4) is 0 Å². The minimum absolute atomic E-state index is 0.303. The lowest BCUT2D eigenvalue weighted by Crippen LogP contribution is -2.00. The van der Waals surface area contributed by atoms with Gasteiger partial charge in [-0.25, -0.2) is 9.59 Å². The molecule has 4 heteroatoms. The van der Waals surface area contributed by atoms with Crippen molar-refractivity contribution in [3.63, 3.8) is 0 Å². The highest BCUT2D eigenvalue weighted by Crippen LogP contribution is 1.88. The Kier molecular flexibility index (Phi) is 14.1. The zero-order valence-electron chi connectivity index (χ0n) is 10.2. The van der Waals surface area contributed by atoms with Crippen LogP contribution >= 0.6 is 0 Å². The highest BCUT2D eigenvalue weighted by Gasteiger charge is 1.91. The largest absolute Gasteiger partial charge is 0.466 e. The van der Waals surface area contributed by atoms with Gasteiger partial charge in [0.05, 0.1) is 13.7 Å². The molecule has 0 amide bonds. The van der Waals surface area contributed by atoms with Gasteiger partial charge in [-0.2, -0.15) is 0 Å². The molecule has 0 saturated heterocycles. The second-order valence-corrected chi connectivity index (χ2v) is 2.75. The van der Waals surface area contributed by atoms with Crippen molar-refractivity contribution in [2.45, 2.75) is 26.7 Å². The molecule has 0 aromatic carbocycles.